The van der Waals surface area contributed by atoms with E-state index in [9.17, 15) is 0 Å². The average Bonchev–Trinajstić information content (AvgIpc) is 1.88. The lowest BCUT2D eigenvalue weighted by atomic mass is 10.3. The van der Waals surface area contributed by atoms with Gasteiger partial charge in [-0.2, -0.15) is 0 Å². The van der Waals surface area contributed by atoms with Gasteiger partial charge in [-0.25, -0.2) is 0 Å². The molecule has 0 unspecified atom stereocenters. The minimum absolute atomic E-state index is 0.377. The van der Waals surface area contributed by atoms with Crippen molar-refractivity contribution in [3.8, 4) is 0 Å². The van der Waals surface area contributed by atoms with E-state index >= 15 is 0 Å². The van der Waals surface area contributed by atoms with Gasteiger partial charge in [0.15, 0.2) is 0 Å². The molecule has 1 aliphatic heterocycles. The summed E-state index contributed by atoms with van der Waals surface area (Å²) in [7, 11) is 6.75. The van der Waals surface area contributed by atoms with Crippen molar-refractivity contribution in [3.05, 3.63) is 0 Å². The molecule has 1 rings (SSSR count). The van der Waals surface area contributed by atoms with Gasteiger partial charge in [-0.05, 0) is 12.1 Å². The second-order valence-electron chi connectivity index (χ2n) is 4.41. The maximum absolute atomic E-state index is 2.38. The highest BCUT2D eigenvalue weighted by Crippen LogP contribution is 2.22. The zero-order valence-electron chi connectivity index (χ0n) is 7.56. The summed E-state index contributed by atoms with van der Waals surface area (Å²) >= 11 is 0. The molecule has 0 aromatic rings. The molecule has 0 saturated carbocycles. The highest BCUT2D eigenvalue weighted by atomic mass is 28.3. The molecule has 0 aromatic carbocycles. The minimum atomic E-state index is -0.377. The Kier molecular flexibility index (Phi) is 2.53. The quantitative estimate of drug-likeness (QED) is 0.509. The van der Waals surface area contributed by atoms with Crippen LogP contribution in [0.4, 0.5) is 0 Å². The van der Waals surface area contributed by atoms with Crippen LogP contribution < -0.4 is 0 Å². The van der Waals surface area contributed by atoms with E-state index in [1.165, 1.54) is 23.4 Å². The molecule has 2 heteroatoms. The molecule has 0 aliphatic carbocycles. The van der Waals surface area contributed by atoms with Crippen LogP contribution in [0.5, 0.6) is 0 Å². The molecule has 10 heavy (non-hydrogen) atoms. The van der Waals surface area contributed by atoms with Gasteiger partial charge in [0.05, 0.1) is 21.1 Å². The fraction of sp³-hybridized carbons (Fsp3) is 1.00. The van der Waals surface area contributed by atoms with E-state index in [1.54, 1.807) is 12.1 Å². The molecule has 0 N–H and O–H groups in total. The molecule has 0 atom stereocenters. The molecule has 0 spiro atoms. The number of rotatable bonds is 1. The second-order valence-corrected chi connectivity index (χ2v) is 8.42. The molecule has 1 saturated heterocycles. The first-order chi connectivity index (χ1) is 4.61. The third kappa shape index (κ3) is 2.10. The van der Waals surface area contributed by atoms with Crippen molar-refractivity contribution in [2.45, 2.75) is 31.4 Å². The Morgan fingerprint density at radius 1 is 0.900 bits per heavy atom. The molecule has 1 nitrogen and oxygen atoms in total. The van der Waals surface area contributed by atoms with Crippen LogP contribution in [0.2, 0.25) is 12.1 Å². The molecule has 1 fully saturated rings. The van der Waals surface area contributed by atoms with E-state index in [4.69, 9.17) is 0 Å². The van der Waals surface area contributed by atoms with Crippen molar-refractivity contribution in [2.24, 2.45) is 0 Å². The number of nitrogens with zero attached hydrogens (tertiary/aromatic N) is 1. The first kappa shape index (κ1) is 8.28. The van der Waals surface area contributed by atoms with Gasteiger partial charge in [0.2, 0.25) is 0 Å². The molecule has 0 aromatic heterocycles. The molecule has 0 radical (unpaired) electrons. The van der Waals surface area contributed by atoms with Gasteiger partial charge in [-0.3, -0.25) is 0 Å². The van der Waals surface area contributed by atoms with E-state index in [1.807, 2.05) is 0 Å². The van der Waals surface area contributed by atoms with Crippen molar-refractivity contribution in [1.82, 2.24) is 0 Å². The molecule has 60 valence electrons. The maximum Gasteiger partial charge on any atom is 0.269 e. The predicted molar refractivity (Wildman–Crippen MR) is 48.6 cm³/mol. The summed E-state index contributed by atoms with van der Waals surface area (Å²) in [5, 5.41) is 0. The molecule has 0 bridgehead atoms. The van der Waals surface area contributed by atoms with Crippen molar-refractivity contribution >= 4 is 8.96 Å². The maximum atomic E-state index is 2.38. The summed E-state index contributed by atoms with van der Waals surface area (Å²) in [6.45, 7) is 0. The van der Waals surface area contributed by atoms with Crippen molar-refractivity contribution in [2.75, 3.05) is 21.1 Å². The fourth-order valence-electron chi connectivity index (χ4n) is 1.86. The summed E-state index contributed by atoms with van der Waals surface area (Å²) in [5.41, 5.74) is 0. The SMILES string of the molecule is C[N+](C)(C)[SiH]1CCCCC1. The Morgan fingerprint density at radius 3 is 1.70 bits per heavy atom. The van der Waals surface area contributed by atoms with Gasteiger partial charge in [0, 0.05) is 0 Å². The van der Waals surface area contributed by atoms with Gasteiger partial charge in [0.25, 0.3) is 8.96 Å². The van der Waals surface area contributed by atoms with Gasteiger partial charge in [-0.1, -0.05) is 19.3 Å². The zero-order valence-corrected chi connectivity index (χ0v) is 8.71. The van der Waals surface area contributed by atoms with Crippen LogP contribution in [-0.2, 0) is 0 Å². The Labute approximate surface area is 66.3 Å². The summed E-state index contributed by atoms with van der Waals surface area (Å²) in [6, 6.07) is 3.17. The first-order valence-electron chi connectivity index (χ1n) is 4.42. The van der Waals surface area contributed by atoms with E-state index in [0.717, 1.165) is 0 Å². The van der Waals surface area contributed by atoms with E-state index in [-0.39, 0.29) is 8.96 Å². The normalized spacial score (nSPS) is 23.1. The fourth-order valence-corrected chi connectivity index (χ4v) is 5.21. The predicted octanol–water partition coefficient (Wildman–Crippen LogP) is 1.60. The molecule has 1 heterocycles. The Bertz CT molecular complexity index is 100. The van der Waals surface area contributed by atoms with Crippen LogP contribution in [0, 0.1) is 0 Å². The smallest absolute Gasteiger partial charge is 0.269 e. The van der Waals surface area contributed by atoms with Crippen molar-refractivity contribution < 1.29 is 4.15 Å². The van der Waals surface area contributed by atoms with E-state index in [2.05, 4.69) is 21.1 Å². The standard InChI is InChI=1S/C8H20NSi/c1-9(2,3)10-7-5-4-6-8-10/h10H,4-8H2,1-3H3/q+1. The lowest BCUT2D eigenvalue weighted by Crippen LogP contribution is -2.49. The summed E-state index contributed by atoms with van der Waals surface area (Å²) in [6.07, 6.45) is 4.54. The van der Waals surface area contributed by atoms with Crippen LogP contribution in [-0.4, -0.2) is 34.2 Å². The van der Waals surface area contributed by atoms with Crippen molar-refractivity contribution in [3.63, 3.8) is 0 Å². The average molecular weight is 158 g/mol. The van der Waals surface area contributed by atoms with Crippen LogP contribution >= 0.6 is 0 Å². The highest BCUT2D eigenvalue weighted by Gasteiger charge is 2.28. The Hall–Kier alpha value is 0.177. The first-order valence-corrected chi connectivity index (χ1v) is 6.57. The van der Waals surface area contributed by atoms with E-state index < -0.39 is 0 Å². The molecule has 1 aliphatic rings. The number of hydrogen-bond acceptors (Lipinski definition) is 0. The monoisotopic (exact) mass is 158 g/mol. The number of quaternary nitrogens is 1. The van der Waals surface area contributed by atoms with Crippen LogP contribution in [0.25, 0.3) is 0 Å². The lowest BCUT2D eigenvalue weighted by Gasteiger charge is -2.35. The molecule has 0 amide bonds. The Morgan fingerprint density at radius 2 is 1.40 bits per heavy atom. The zero-order chi connectivity index (χ0) is 7.61. The summed E-state index contributed by atoms with van der Waals surface area (Å²) in [5.74, 6) is 0. The highest BCUT2D eigenvalue weighted by molar-refractivity contribution is 6.51. The Balaban J connectivity index is 2.39. The second kappa shape index (κ2) is 3.05. The van der Waals surface area contributed by atoms with Gasteiger partial charge in [-0.15, -0.1) is 0 Å². The van der Waals surface area contributed by atoms with Gasteiger partial charge >= 0.3 is 0 Å². The van der Waals surface area contributed by atoms with Gasteiger partial charge in [0.1, 0.15) is 0 Å². The minimum Gasteiger partial charge on any atom is -0.393 e. The van der Waals surface area contributed by atoms with Crippen LogP contribution in [0.3, 0.4) is 0 Å². The third-order valence-corrected chi connectivity index (χ3v) is 7.01. The molecular weight excluding hydrogens is 138 g/mol. The van der Waals surface area contributed by atoms with Crippen LogP contribution in [0.1, 0.15) is 19.3 Å². The third-order valence-electron chi connectivity index (χ3n) is 2.67. The van der Waals surface area contributed by atoms with Crippen molar-refractivity contribution in [1.29, 1.82) is 0 Å². The number of hydrogen-bond donors (Lipinski definition) is 0. The lowest BCUT2D eigenvalue weighted by molar-refractivity contribution is -0.763. The largest absolute Gasteiger partial charge is 0.393 e. The summed E-state index contributed by atoms with van der Waals surface area (Å²) in [4.78, 5) is 0. The van der Waals surface area contributed by atoms with Crippen LogP contribution in [0.15, 0.2) is 0 Å². The molecular formula is C8H20NSi+. The van der Waals surface area contributed by atoms with Gasteiger partial charge < -0.3 is 4.15 Å². The van der Waals surface area contributed by atoms with E-state index in [0.29, 0.717) is 0 Å². The topological polar surface area (TPSA) is 0 Å². The summed E-state index contributed by atoms with van der Waals surface area (Å²) < 4.78 is 1.31.